The van der Waals surface area contributed by atoms with E-state index in [-0.39, 0.29) is 6.10 Å². The van der Waals surface area contributed by atoms with Gasteiger partial charge in [0.25, 0.3) is 0 Å². The Kier molecular flexibility index (Phi) is 6.44. The minimum atomic E-state index is 0.159. The molecule has 1 aromatic carbocycles. The molecule has 1 unspecified atom stereocenters. The quantitative estimate of drug-likeness (QED) is 0.702. The Morgan fingerprint density at radius 3 is 2.52 bits per heavy atom. The minimum Gasteiger partial charge on any atom is -0.374 e. The molecule has 4 nitrogen and oxygen atoms in total. The summed E-state index contributed by atoms with van der Waals surface area (Å²) in [5.41, 5.74) is 3.47. The summed E-state index contributed by atoms with van der Waals surface area (Å²) in [6.07, 6.45) is 2.43. The van der Waals surface area contributed by atoms with Crippen LogP contribution in [0.4, 0.5) is 0 Å². The fourth-order valence-electron chi connectivity index (χ4n) is 3.41. The van der Waals surface area contributed by atoms with Crippen LogP contribution in [-0.2, 0) is 4.74 Å². The van der Waals surface area contributed by atoms with Gasteiger partial charge < -0.3 is 4.74 Å². The molecule has 3 rings (SSSR count). The van der Waals surface area contributed by atoms with E-state index in [9.17, 15) is 0 Å². The number of aryl methyl sites for hydroxylation is 2. The number of halogens is 1. The number of H-pyrrole nitrogens is 1. The van der Waals surface area contributed by atoms with Crippen LogP contribution in [0.5, 0.6) is 0 Å². The molecule has 0 saturated carbocycles. The third kappa shape index (κ3) is 4.59. The molecule has 25 heavy (non-hydrogen) atoms. The molecule has 0 amide bonds. The number of nitrogens with one attached hydrogen (secondary N) is 1. The topological polar surface area (TPSA) is 41.1 Å². The Bertz CT molecular complexity index is 661. The van der Waals surface area contributed by atoms with Crippen LogP contribution in [0.2, 0.25) is 5.02 Å². The molecule has 1 fully saturated rings. The molecule has 0 bridgehead atoms. The van der Waals surface area contributed by atoms with Gasteiger partial charge >= 0.3 is 0 Å². The molecule has 1 aromatic heterocycles. The van der Waals surface area contributed by atoms with Gasteiger partial charge in [-0.05, 0) is 69.2 Å². The van der Waals surface area contributed by atoms with Crippen molar-refractivity contribution in [3.05, 3.63) is 46.2 Å². The van der Waals surface area contributed by atoms with E-state index in [1.807, 2.05) is 24.1 Å². The molecule has 0 aliphatic carbocycles. The van der Waals surface area contributed by atoms with Gasteiger partial charge in [-0.15, -0.1) is 0 Å². The van der Waals surface area contributed by atoms with Crippen molar-refractivity contribution in [2.45, 2.75) is 44.6 Å². The smallest absolute Gasteiger partial charge is 0.0853 e. The van der Waals surface area contributed by atoms with Gasteiger partial charge in [-0.2, -0.15) is 5.10 Å². The maximum atomic E-state index is 6.10. The summed E-state index contributed by atoms with van der Waals surface area (Å²) in [7, 11) is 0. The number of ether oxygens (including phenoxy) is 1. The summed E-state index contributed by atoms with van der Waals surface area (Å²) in [6, 6.07) is 8.11. The summed E-state index contributed by atoms with van der Waals surface area (Å²) in [5.74, 6) is 0.546. The van der Waals surface area contributed by atoms with Gasteiger partial charge in [0, 0.05) is 30.4 Å². The van der Waals surface area contributed by atoms with Crippen LogP contribution in [0, 0.1) is 19.8 Å². The Morgan fingerprint density at radius 2 is 1.96 bits per heavy atom. The highest BCUT2D eigenvalue weighted by Gasteiger charge is 2.29. The third-order valence-electron chi connectivity index (χ3n) is 4.75. The number of piperidine rings is 1. The van der Waals surface area contributed by atoms with E-state index in [0.29, 0.717) is 5.92 Å². The third-order valence-corrected chi connectivity index (χ3v) is 6.41. The van der Waals surface area contributed by atoms with Crippen LogP contribution in [0.25, 0.3) is 0 Å². The molecule has 1 saturated heterocycles. The van der Waals surface area contributed by atoms with Crippen molar-refractivity contribution in [1.29, 1.82) is 0 Å². The average Bonchev–Trinajstić information content (AvgIpc) is 2.93. The Morgan fingerprint density at radius 1 is 1.28 bits per heavy atom. The monoisotopic (exact) mass is 379 g/mol. The molecule has 0 radical (unpaired) electrons. The normalized spacial score (nSPS) is 17.8. The lowest BCUT2D eigenvalue weighted by atomic mass is 9.88. The first-order valence-corrected chi connectivity index (χ1v) is 10.0. The van der Waals surface area contributed by atoms with Crippen LogP contribution in [-0.4, -0.2) is 34.2 Å². The molecule has 2 aromatic rings. The molecule has 6 heteroatoms. The summed E-state index contributed by atoms with van der Waals surface area (Å²) >= 11 is 7.86. The van der Waals surface area contributed by atoms with Crippen molar-refractivity contribution in [3.8, 4) is 0 Å². The van der Waals surface area contributed by atoms with Crippen molar-refractivity contribution in [3.63, 3.8) is 0 Å². The van der Waals surface area contributed by atoms with Crippen LogP contribution >= 0.6 is 23.5 Å². The van der Waals surface area contributed by atoms with E-state index in [1.165, 1.54) is 10.5 Å². The highest BCUT2D eigenvalue weighted by Crippen LogP contribution is 2.37. The van der Waals surface area contributed by atoms with Crippen LogP contribution < -0.4 is 0 Å². The highest BCUT2D eigenvalue weighted by molar-refractivity contribution is 7.97. The molecule has 2 heterocycles. The van der Waals surface area contributed by atoms with Gasteiger partial charge in [0.05, 0.1) is 16.7 Å². The van der Waals surface area contributed by atoms with Gasteiger partial charge in [0.15, 0.2) is 0 Å². The first kappa shape index (κ1) is 18.8. The predicted octanol–water partition coefficient (Wildman–Crippen LogP) is 5.18. The number of hydrogen-bond donors (Lipinski definition) is 1. The molecule has 1 N–H and O–H groups in total. The first-order chi connectivity index (χ1) is 12.1. The van der Waals surface area contributed by atoms with Gasteiger partial charge in [-0.1, -0.05) is 23.7 Å². The van der Waals surface area contributed by atoms with Gasteiger partial charge in [0.2, 0.25) is 0 Å². The van der Waals surface area contributed by atoms with E-state index in [1.54, 1.807) is 0 Å². The van der Waals surface area contributed by atoms with Crippen molar-refractivity contribution in [2.24, 2.45) is 5.92 Å². The second-order valence-corrected chi connectivity index (χ2v) is 8.09. The second kappa shape index (κ2) is 8.58. The maximum absolute atomic E-state index is 6.10. The molecule has 1 aliphatic heterocycles. The van der Waals surface area contributed by atoms with Crippen LogP contribution in [0.15, 0.2) is 29.2 Å². The standard InChI is InChI=1S/C19H26ClN3OS/c1-4-24-18(15-5-7-17(20)8-6-15)16-9-11-23(12-10-16)25-19-13(2)21-22-14(19)3/h5-8,16,18H,4,9-12H2,1-3H3,(H,21,22). The van der Waals surface area contributed by atoms with Crippen molar-refractivity contribution >= 4 is 23.5 Å². The summed E-state index contributed by atoms with van der Waals surface area (Å²) < 4.78 is 8.55. The van der Waals surface area contributed by atoms with E-state index < -0.39 is 0 Å². The zero-order chi connectivity index (χ0) is 17.8. The number of rotatable bonds is 6. The Hall–Kier alpha value is -1.01. The van der Waals surface area contributed by atoms with E-state index in [4.69, 9.17) is 16.3 Å². The largest absolute Gasteiger partial charge is 0.374 e. The van der Waals surface area contributed by atoms with Gasteiger partial charge in [-0.25, -0.2) is 4.31 Å². The van der Waals surface area contributed by atoms with Crippen LogP contribution in [0.3, 0.4) is 0 Å². The first-order valence-electron chi connectivity index (χ1n) is 8.90. The number of hydrogen-bond acceptors (Lipinski definition) is 4. The van der Waals surface area contributed by atoms with Crippen molar-refractivity contribution in [1.82, 2.24) is 14.5 Å². The van der Waals surface area contributed by atoms with E-state index >= 15 is 0 Å². The zero-order valence-electron chi connectivity index (χ0n) is 15.1. The van der Waals surface area contributed by atoms with E-state index in [2.05, 4.69) is 47.4 Å². The second-order valence-electron chi connectivity index (χ2n) is 6.55. The lowest BCUT2D eigenvalue weighted by molar-refractivity contribution is 0.00270. The molecular weight excluding hydrogens is 354 g/mol. The number of aromatic nitrogens is 2. The molecule has 0 spiro atoms. The fourth-order valence-corrected chi connectivity index (χ4v) is 4.55. The SMILES string of the molecule is CCOC(c1ccc(Cl)cc1)C1CCN(Sc2c(C)n[nH]c2C)CC1. The van der Waals surface area contributed by atoms with Gasteiger partial charge in [0.1, 0.15) is 0 Å². The maximum Gasteiger partial charge on any atom is 0.0853 e. The summed E-state index contributed by atoms with van der Waals surface area (Å²) in [4.78, 5) is 1.26. The predicted molar refractivity (Wildman–Crippen MR) is 104 cm³/mol. The van der Waals surface area contributed by atoms with Gasteiger partial charge in [-0.3, -0.25) is 5.10 Å². The highest BCUT2D eigenvalue weighted by atomic mass is 35.5. The van der Waals surface area contributed by atoms with Crippen molar-refractivity contribution < 1.29 is 4.74 Å². The Labute approximate surface area is 159 Å². The number of benzene rings is 1. The van der Waals surface area contributed by atoms with E-state index in [0.717, 1.165) is 48.9 Å². The Balaban J connectivity index is 1.62. The fraction of sp³-hybridized carbons (Fsp3) is 0.526. The zero-order valence-corrected chi connectivity index (χ0v) is 16.7. The molecule has 1 atom stereocenters. The average molecular weight is 380 g/mol. The minimum absolute atomic E-state index is 0.159. The number of nitrogens with zero attached hydrogens (tertiary/aromatic N) is 2. The van der Waals surface area contributed by atoms with Crippen LogP contribution in [0.1, 0.15) is 42.8 Å². The summed E-state index contributed by atoms with van der Waals surface area (Å²) in [5, 5.41) is 8.13. The lowest BCUT2D eigenvalue weighted by Crippen LogP contribution is -2.32. The molecule has 136 valence electrons. The molecule has 1 aliphatic rings. The lowest BCUT2D eigenvalue weighted by Gasteiger charge is -2.35. The number of aromatic amines is 1. The summed E-state index contributed by atoms with van der Waals surface area (Å²) in [6.45, 7) is 9.08. The van der Waals surface area contributed by atoms with Crippen molar-refractivity contribution in [2.75, 3.05) is 19.7 Å². The molecular formula is C19H26ClN3OS.